The van der Waals surface area contributed by atoms with Gasteiger partial charge in [0.2, 0.25) is 0 Å². The Balaban J connectivity index is 2.83. The van der Waals surface area contributed by atoms with Crippen molar-refractivity contribution in [2.24, 2.45) is 0 Å². The standard InChI is InChI=1S/C9H18O/c1-3-4-5-6-7-8-9(2)10/h3,9-10H,1,4-8H2,2H3/t9-/m1/s1. The molecular weight excluding hydrogens is 124 g/mol. The highest BCUT2D eigenvalue weighted by Gasteiger charge is 1.93. The van der Waals surface area contributed by atoms with Crippen LogP contribution in [0.3, 0.4) is 0 Å². The van der Waals surface area contributed by atoms with Crippen molar-refractivity contribution >= 4 is 0 Å². The lowest BCUT2D eigenvalue weighted by molar-refractivity contribution is 0.180. The van der Waals surface area contributed by atoms with Crippen LogP contribution in [0.2, 0.25) is 0 Å². The monoisotopic (exact) mass is 142 g/mol. The third kappa shape index (κ3) is 7.70. The molecule has 0 rings (SSSR count). The van der Waals surface area contributed by atoms with Crippen molar-refractivity contribution in [3.63, 3.8) is 0 Å². The Hall–Kier alpha value is -0.300. The number of hydrogen-bond donors (Lipinski definition) is 1. The Bertz CT molecular complexity index is 76.8. The molecule has 1 atom stereocenters. The number of rotatable bonds is 6. The summed E-state index contributed by atoms with van der Waals surface area (Å²) in [6.45, 7) is 5.48. The van der Waals surface area contributed by atoms with Gasteiger partial charge in [-0.05, 0) is 26.2 Å². The largest absolute Gasteiger partial charge is 0.393 e. The SMILES string of the molecule is C=CCCCCC[C@@H](C)O. The summed E-state index contributed by atoms with van der Waals surface area (Å²) in [7, 11) is 0. The Morgan fingerprint density at radius 3 is 2.60 bits per heavy atom. The topological polar surface area (TPSA) is 20.2 Å². The fourth-order valence-corrected chi connectivity index (χ4v) is 0.905. The van der Waals surface area contributed by atoms with Crippen LogP contribution in [0.25, 0.3) is 0 Å². The van der Waals surface area contributed by atoms with Gasteiger partial charge in [0.15, 0.2) is 0 Å². The van der Waals surface area contributed by atoms with E-state index < -0.39 is 0 Å². The van der Waals surface area contributed by atoms with Gasteiger partial charge in [0.25, 0.3) is 0 Å². The predicted molar refractivity (Wildman–Crippen MR) is 45.0 cm³/mol. The van der Waals surface area contributed by atoms with Gasteiger partial charge in [-0.2, -0.15) is 0 Å². The number of aliphatic hydroxyl groups is 1. The average molecular weight is 142 g/mol. The van der Waals surface area contributed by atoms with Crippen LogP contribution in [0.15, 0.2) is 12.7 Å². The summed E-state index contributed by atoms with van der Waals surface area (Å²) in [5, 5.41) is 8.89. The summed E-state index contributed by atoms with van der Waals surface area (Å²) in [6.07, 6.45) is 7.46. The fraction of sp³-hybridized carbons (Fsp3) is 0.778. The van der Waals surface area contributed by atoms with Crippen LogP contribution in [0.4, 0.5) is 0 Å². The van der Waals surface area contributed by atoms with Gasteiger partial charge in [-0.15, -0.1) is 6.58 Å². The molecule has 0 aromatic carbocycles. The Labute approximate surface area is 63.8 Å². The average Bonchev–Trinajstić information content (AvgIpc) is 1.87. The van der Waals surface area contributed by atoms with Crippen molar-refractivity contribution in [3.05, 3.63) is 12.7 Å². The van der Waals surface area contributed by atoms with Crippen LogP contribution in [0, 0.1) is 0 Å². The van der Waals surface area contributed by atoms with Crippen molar-refractivity contribution in [2.75, 3.05) is 0 Å². The zero-order valence-corrected chi connectivity index (χ0v) is 6.84. The Morgan fingerprint density at radius 1 is 1.40 bits per heavy atom. The molecule has 0 spiro atoms. The minimum atomic E-state index is -0.122. The fourth-order valence-electron chi connectivity index (χ4n) is 0.905. The maximum atomic E-state index is 8.89. The maximum Gasteiger partial charge on any atom is 0.0512 e. The zero-order chi connectivity index (χ0) is 7.82. The highest BCUT2D eigenvalue weighted by atomic mass is 16.3. The summed E-state index contributed by atoms with van der Waals surface area (Å²) in [4.78, 5) is 0. The molecule has 0 unspecified atom stereocenters. The molecule has 0 saturated heterocycles. The van der Waals surface area contributed by atoms with Crippen LogP contribution < -0.4 is 0 Å². The van der Waals surface area contributed by atoms with Crippen LogP contribution in [-0.4, -0.2) is 11.2 Å². The van der Waals surface area contributed by atoms with E-state index in [1.54, 1.807) is 0 Å². The number of allylic oxidation sites excluding steroid dienone is 1. The van der Waals surface area contributed by atoms with E-state index >= 15 is 0 Å². The first kappa shape index (κ1) is 9.70. The van der Waals surface area contributed by atoms with Gasteiger partial charge in [0, 0.05) is 0 Å². The molecule has 0 aliphatic rings. The summed E-state index contributed by atoms with van der Waals surface area (Å²) in [6, 6.07) is 0. The van der Waals surface area contributed by atoms with Crippen molar-refractivity contribution in [2.45, 2.75) is 45.1 Å². The summed E-state index contributed by atoms with van der Waals surface area (Å²) in [5.41, 5.74) is 0. The predicted octanol–water partition coefficient (Wildman–Crippen LogP) is 2.50. The molecule has 0 heterocycles. The molecule has 0 radical (unpaired) electrons. The second-order valence-corrected chi connectivity index (χ2v) is 2.78. The molecule has 0 aliphatic carbocycles. The van der Waals surface area contributed by atoms with Crippen LogP contribution in [-0.2, 0) is 0 Å². The molecule has 1 N–H and O–H groups in total. The van der Waals surface area contributed by atoms with Gasteiger partial charge < -0.3 is 5.11 Å². The zero-order valence-electron chi connectivity index (χ0n) is 6.84. The molecule has 1 nitrogen and oxygen atoms in total. The first-order valence-corrected chi connectivity index (χ1v) is 4.06. The lowest BCUT2D eigenvalue weighted by Crippen LogP contribution is -1.97. The van der Waals surface area contributed by atoms with Crippen LogP contribution in [0.5, 0.6) is 0 Å². The lowest BCUT2D eigenvalue weighted by atomic mass is 10.1. The summed E-state index contributed by atoms with van der Waals surface area (Å²) < 4.78 is 0. The van der Waals surface area contributed by atoms with Gasteiger partial charge in [0.05, 0.1) is 6.10 Å². The van der Waals surface area contributed by atoms with Crippen LogP contribution >= 0.6 is 0 Å². The first-order valence-electron chi connectivity index (χ1n) is 4.06. The number of hydrogen-bond acceptors (Lipinski definition) is 1. The van der Waals surface area contributed by atoms with Crippen LogP contribution in [0.1, 0.15) is 39.0 Å². The molecule has 60 valence electrons. The highest BCUT2D eigenvalue weighted by molar-refractivity contribution is 4.65. The first-order chi connectivity index (χ1) is 4.77. The van der Waals surface area contributed by atoms with E-state index in [-0.39, 0.29) is 6.10 Å². The summed E-state index contributed by atoms with van der Waals surface area (Å²) >= 11 is 0. The minimum Gasteiger partial charge on any atom is -0.393 e. The van der Waals surface area contributed by atoms with Gasteiger partial charge in [-0.1, -0.05) is 18.9 Å². The second kappa shape index (κ2) is 6.81. The lowest BCUT2D eigenvalue weighted by Gasteiger charge is -2.01. The van der Waals surface area contributed by atoms with E-state index in [1.807, 2.05) is 13.0 Å². The van der Waals surface area contributed by atoms with E-state index in [0.717, 1.165) is 19.3 Å². The van der Waals surface area contributed by atoms with Crippen molar-refractivity contribution in [1.82, 2.24) is 0 Å². The molecule has 0 amide bonds. The van der Waals surface area contributed by atoms with E-state index in [1.165, 1.54) is 12.8 Å². The molecule has 0 fully saturated rings. The van der Waals surface area contributed by atoms with Crippen molar-refractivity contribution in [3.8, 4) is 0 Å². The molecule has 10 heavy (non-hydrogen) atoms. The van der Waals surface area contributed by atoms with E-state index in [0.29, 0.717) is 0 Å². The Morgan fingerprint density at radius 2 is 2.10 bits per heavy atom. The molecular formula is C9H18O. The molecule has 0 saturated carbocycles. The molecule has 1 heteroatoms. The van der Waals surface area contributed by atoms with E-state index in [4.69, 9.17) is 5.11 Å². The second-order valence-electron chi connectivity index (χ2n) is 2.78. The highest BCUT2D eigenvalue weighted by Crippen LogP contribution is 2.05. The molecule has 0 aromatic heterocycles. The summed E-state index contributed by atoms with van der Waals surface area (Å²) in [5.74, 6) is 0. The molecule has 0 bridgehead atoms. The third-order valence-corrected chi connectivity index (χ3v) is 1.53. The van der Waals surface area contributed by atoms with Crippen molar-refractivity contribution in [1.29, 1.82) is 0 Å². The van der Waals surface area contributed by atoms with Gasteiger partial charge in [-0.25, -0.2) is 0 Å². The molecule has 0 aliphatic heterocycles. The number of aliphatic hydroxyl groups excluding tert-OH is 1. The van der Waals surface area contributed by atoms with Gasteiger partial charge in [-0.3, -0.25) is 0 Å². The molecule has 0 aromatic rings. The normalized spacial score (nSPS) is 13.0. The number of unbranched alkanes of at least 4 members (excludes halogenated alkanes) is 3. The smallest absolute Gasteiger partial charge is 0.0512 e. The van der Waals surface area contributed by atoms with Crippen molar-refractivity contribution < 1.29 is 5.11 Å². The maximum absolute atomic E-state index is 8.89. The Kier molecular flexibility index (Phi) is 6.61. The van der Waals surface area contributed by atoms with Gasteiger partial charge >= 0.3 is 0 Å². The minimum absolute atomic E-state index is 0.122. The van der Waals surface area contributed by atoms with E-state index in [9.17, 15) is 0 Å². The van der Waals surface area contributed by atoms with Gasteiger partial charge in [0.1, 0.15) is 0 Å². The quantitative estimate of drug-likeness (QED) is 0.446. The van der Waals surface area contributed by atoms with E-state index in [2.05, 4.69) is 6.58 Å². The third-order valence-electron chi connectivity index (χ3n) is 1.53.